The molecule has 1 atom stereocenters. The van der Waals surface area contributed by atoms with Gasteiger partial charge in [-0.25, -0.2) is 4.39 Å². The van der Waals surface area contributed by atoms with E-state index in [4.69, 9.17) is 16.3 Å². The molecule has 0 bridgehead atoms. The molecule has 0 aliphatic heterocycles. The van der Waals surface area contributed by atoms with Crippen LogP contribution in [-0.4, -0.2) is 35.9 Å². The minimum Gasteiger partial charge on any atom is -0.484 e. The summed E-state index contributed by atoms with van der Waals surface area (Å²) in [7, 11) is 0. The van der Waals surface area contributed by atoms with Gasteiger partial charge in [0.05, 0.1) is 0 Å². The highest BCUT2D eigenvalue weighted by Gasteiger charge is 2.30. The Hall–Kier alpha value is -3.38. The second-order valence-corrected chi connectivity index (χ2v) is 9.18. The van der Waals surface area contributed by atoms with Gasteiger partial charge >= 0.3 is 0 Å². The lowest BCUT2D eigenvalue weighted by Gasteiger charge is -2.31. The fourth-order valence-corrected chi connectivity index (χ4v) is 4.03. The summed E-state index contributed by atoms with van der Waals surface area (Å²) in [5.41, 5.74) is 3.34. The lowest BCUT2D eigenvalue weighted by Crippen LogP contribution is -2.51. The number of benzene rings is 3. The summed E-state index contributed by atoms with van der Waals surface area (Å²) in [6.07, 6.45) is 1.11. The Labute approximate surface area is 217 Å². The molecular formula is C29H32ClFN2O3. The minimum absolute atomic E-state index is 0.137. The van der Waals surface area contributed by atoms with E-state index < -0.39 is 6.04 Å². The van der Waals surface area contributed by atoms with Crippen molar-refractivity contribution in [1.29, 1.82) is 0 Å². The van der Waals surface area contributed by atoms with Crippen molar-refractivity contribution < 1.29 is 18.7 Å². The molecule has 0 aromatic heterocycles. The standard InChI is InChI=1S/C29H32ClFN2O3/c1-4-14-32-29(35)26(17-22-8-6-5-7-9-22)33(18-23-10-12-24(31)13-11-23)27(34)19-36-25-15-20(2)28(30)21(3)16-25/h5-13,15-16,26H,4,14,17-19H2,1-3H3,(H,32,35). The Kier molecular flexibility index (Phi) is 9.88. The first kappa shape index (κ1) is 27.2. The molecular weight excluding hydrogens is 479 g/mol. The zero-order valence-electron chi connectivity index (χ0n) is 20.9. The molecule has 3 rings (SSSR count). The summed E-state index contributed by atoms with van der Waals surface area (Å²) in [6.45, 7) is 6.10. The lowest BCUT2D eigenvalue weighted by molar-refractivity contribution is -0.142. The van der Waals surface area contributed by atoms with Crippen LogP contribution in [0.3, 0.4) is 0 Å². The number of rotatable bonds is 11. The van der Waals surface area contributed by atoms with Gasteiger partial charge in [-0.15, -0.1) is 0 Å². The Balaban J connectivity index is 1.90. The molecule has 0 aliphatic carbocycles. The number of carbonyl (C=O) groups is 2. The summed E-state index contributed by atoms with van der Waals surface area (Å²) in [5.74, 6) is -0.430. The lowest BCUT2D eigenvalue weighted by atomic mass is 10.0. The zero-order valence-corrected chi connectivity index (χ0v) is 21.6. The minimum atomic E-state index is -0.770. The smallest absolute Gasteiger partial charge is 0.261 e. The molecule has 0 radical (unpaired) electrons. The molecule has 0 fully saturated rings. The molecule has 3 aromatic carbocycles. The Morgan fingerprint density at radius 3 is 2.25 bits per heavy atom. The van der Waals surface area contributed by atoms with Crippen LogP contribution in [0.25, 0.3) is 0 Å². The normalized spacial score (nSPS) is 11.6. The average Bonchev–Trinajstić information content (AvgIpc) is 2.88. The Bertz CT molecular complexity index is 1150. The highest BCUT2D eigenvalue weighted by Crippen LogP contribution is 2.26. The van der Waals surface area contributed by atoms with Gasteiger partial charge in [-0.3, -0.25) is 9.59 Å². The van der Waals surface area contributed by atoms with Gasteiger partial charge in [-0.1, -0.05) is 61.0 Å². The van der Waals surface area contributed by atoms with E-state index in [1.54, 1.807) is 24.3 Å². The van der Waals surface area contributed by atoms with Crippen LogP contribution in [0.15, 0.2) is 66.7 Å². The molecule has 1 unspecified atom stereocenters. The van der Waals surface area contributed by atoms with E-state index in [0.29, 0.717) is 29.3 Å². The molecule has 190 valence electrons. The largest absolute Gasteiger partial charge is 0.484 e. The van der Waals surface area contributed by atoms with E-state index >= 15 is 0 Å². The second-order valence-electron chi connectivity index (χ2n) is 8.80. The molecule has 5 nitrogen and oxygen atoms in total. The van der Waals surface area contributed by atoms with Crippen LogP contribution in [0.1, 0.15) is 35.6 Å². The summed E-state index contributed by atoms with van der Waals surface area (Å²) >= 11 is 6.26. The highest BCUT2D eigenvalue weighted by molar-refractivity contribution is 6.32. The van der Waals surface area contributed by atoms with Crippen molar-refractivity contribution in [2.75, 3.05) is 13.2 Å². The van der Waals surface area contributed by atoms with Crippen LogP contribution >= 0.6 is 11.6 Å². The SMILES string of the molecule is CCCNC(=O)C(Cc1ccccc1)N(Cc1ccc(F)cc1)C(=O)COc1cc(C)c(Cl)c(C)c1. The van der Waals surface area contributed by atoms with E-state index in [9.17, 15) is 14.0 Å². The van der Waals surface area contributed by atoms with Gasteiger partial charge in [0.1, 0.15) is 17.6 Å². The maximum Gasteiger partial charge on any atom is 0.261 e. The van der Waals surface area contributed by atoms with Crippen molar-refractivity contribution in [2.24, 2.45) is 0 Å². The van der Waals surface area contributed by atoms with Gasteiger partial charge in [0.15, 0.2) is 6.61 Å². The van der Waals surface area contributed by atoms with Crippen LogP contribution in [0.2, 0.25) is 5.02 Å². The van der Waals surface area contributed by atoms with Gasteiger partial charge in [-0.05, 0) is 66.8 Å². The first-order chi connectivity index (χ1) is 17.3. The van der Waals surface area contributed by atoms with Crippen molar-refractivity contribution in [2.45, 2.75) is 46.2 Å². The van der Waals surface area contributed by atoms with Crippen LogP contribution < -0.4 is 10.1 Å². The number of hydrogen-bond acceptors (Lipinski definition) is 3. The number of hydrogen-bond donors (Lipinski definition) is 1. The van der Waals surface area contributed by atoms with Crippen molar-refractivity contribution in [1.82, 2.24) is 10.2 Å². The van der Waals surface area contributed by atoms with Crippen molar-refractivity contribution in [3.8, 4) is 5.75 Å². The highest BCUT2D eigenvalue weighted by atomic mass is 35.5. The molecule has 7 heteroatoms. The Morgan fingerprint density at radius 1 is 1.00 bits per heavy atom. The van der Waals surface area contributed by atoms with Gasteiger partial charge < -0.3 is 15.0 Å². The first-order valence-corrected chi connectivity index (χ1v) is 12.4. The van der Waals surface area contributed by atoms with Crippen molar-refractivity contribution in [3.63, 3.8) is 0 Å². The summed E-state index contributed by atoms with van der Waals surface area (Å²) in [6, 6.07) is 18.3. The number of nitrogens with one attached hydrogen (secondary N) is 1. The Morgan fingerprint density at radius 2 is 1.64 bits per heavy atom. The second kappa shape index (κ2) is 13.1. The predicted molar refractivity (Wildman–Crippen MR) is 141 cm³/mol. The molecule has 0 heterocycles. The van der Waals surface area contributed by atoms with Gasteiger partial charge in [0.2, 0.25) is 5.91 Å². The van der Waals surface area contributed by atoms with E-state index in [1.165, 1.54) is 17.0 Å². The number of amides is 2. The number of carbonyl (C=O) groups excluding carboxylic acids is 2. The van der Waals surface area contributed by atoms with Gasteiger partial charge in [0, 0.05) is 24.5 Å². The van der Waals surface area contributed by atoms with E-state index in [0.717, 1.165) is 23.1 Å². The van der Waals surface area contributed by atoms with Gasteiger partial charge in [0.25, 0.3) is 5.91 Å². The third-order valence-corrected chi connectivity index (χ3v) is 6.45. The maximum atomic E-state index is 13.6. The number of halogens is 2. The van der Waals surface area contributed by atoms with Crippen LogP contribution in [0.5, 0.6) is 5.75 Å². The summed E-state index contributed by atoms with van der Waals surface area (Å²) in [5, 5.41) is 3.58. The van der Waals surface area contributed by atoms with Crippen LogP contribution in [0, 0.1) is 19.7 Å². The third kappa shape index (κ3) is 7.56. The van der Waals surface area contributed by atoms with E-state index in [-0.39, 0.29) is 30.8 Å². The van der Waals surface area contributed by atoms with E-state index in [1.807, 2.05) is 51.1 Å². The third-order valence-electron chi connectivity index (χ3n) is 5.86. The molecule has 3 aromatic rings. The number of aryl methyl sites for hydroxylation is 2. The average molecular weight is 511 g/mol. The monoisotopic (exact) mass is 510 g/mol. The molecule has 0 aliphatic rings. The number of ether oxygens (including phenoxy) is 1. The zero-order chi connectivity index (χ0) is 26.1. The van der Waals surface area contributed by atoms with Crippen LogP contribution in [-0.2, 0) is 22.6 Å². The maximum absolute atomic E-state index is 13.6. The molecule has 0 saturated heterocycles. The molecule has 2 amide bonds. The van der Waals surface area contributed by atoms with E-state index in [2.05, 4.69) is 5.32 Å². The fraction of sp³-hybridized carbons (Fsp3) is 0.310. The van der Waals surface area contributed by atoms with Crippen molar-refractivity contribution >= 4 is 23.4 Å². The molecule has 0 saturated carbocycles. The summed E-state index contributed by atoms with van der Waals surface area (Å²) < 4.78 is 19.4. The summed E-state index contributed by atoms with van der Waals surface area (Å²) in [4.78, 5) is 28.3. The van der Waals surface area contributed by atoms with Gasteiger partial charge in [-0.2, -0.15) is 0 Å². The molecule has 36 heavy (non-hydrogen) atoms. The quantitative estimate of drug-likeness (QED) is 0.363. The topological polar surface area (TPSA) is 58.6 Å². The molecule has 1 N–H and O–H groups in total. The fourth-order valence-electron chi connectivity index (χ4n) is 3.92. The van der Waals surface area contributed by atoms with Crippen LogP contribution in [0.4, 0.5) is 4.39 Å². The first-order valence-electron chi connectivity index (χ1n) is 12.0. The number of nitrogens with zero attached hydrogens (tertiary/aromatic N) is 1. The molecule has 0 spiro atoms. The van der Waals surface area contributed by atoms with Crippen molar-refractivity contribution in [3.05, 3.63) is 99.8 Å². The predicted octanol–water partition coefficient (Wildman–Crippen LogP) is 5.64.